The maximum absolute atomic E-state index is 5.98. The van der Waals surface area contributed by atoms with Crippen molar-refractivity contribution < 1.29 is 0 Å². The number of hydrogen-bond donors (Lipinski definition) is 1. The monoisotopic (exact) mass is 315 g/mol. The van der Waals surface area contributed by atoms with Gasteiger partial charge in [-0.15, -0.1) is 0 Å². The van der Waals surface area contributed by atoms with Gasteiger partial charge in [-0.3, -0.25) is 0 Å². The van der Waals surface area contributed by atoms with Crippen molar-refractivity contribution in [3.8, 4) is 0 Å². The van der Waals surface area contributed by atoms with Gasteiger partial charge < -0.3 is 5.32 Å². The van der Waals surface area contributed by atoms with Crippen molar-refractivity contribution in [2.45, 2.75) is 45.2 Å². The second-order valence-corrected chi connectivity index (χ2v) is 6.36. The first-order chi connectivity index (χ1) is 8.15. The van der Waals surface area contributed by atoms with E-state index in [2.05, 4.69) is 40.3 Å². The first-order valence-electron chi connectivity index (χ1n) is 6.32. The third kappa shape index (κ3) is 3.97. The van der Waals surface area contributed by atoms with Crippen LogP contribution in [-0.2, 0) is 6.54 Å². The fourth-order valence-electron chi connectivity index (χ4n) is 2.53. The SMILES string of the molecule is CC1CCCC(NCc2ccc(Cl)c(Br)c2)C1. The highest BCUT2D eigenvalue weighted by Crippen LogP contribution is 2.25. The molecule has 1 aromatic carbocycles. The summed E-state index contributed by atoms with van der Waals surface area (Å²) in [5.41, 5.74) is 1.29. The molecule has 0 saturated heterocycles. The second-order valence-electron chi connectivity index (χ2n) is 5.10. The molecule has 94 valence electrons. The molecule has 0 amide bonds. The normalized spacial score (nSPS) is 24.9. The standard InChI is InChI=1S/C14H19BrClN/c1-10-3-2-4-12(7-10)17-9-11-5-6-14(16)13(15)8-11/h5-6,8,10,12,17H,2-4,7,9H2,1H3. The van der Waals surface area contributed by atoms with Gasteiger partial charge in [0.1, 0.15) is 0 Å². The van der Waals surface area contributed by atoms with Crippen LogP contribution in [0.2, 0.25) is 5.02 Å². The summed E-state index contributed by atoms with van der Waals surface area (Å²) in [6, 6.07) is 6.83. The highest BCUT2D eigenvalue weighted by molar-refractivity contribution is 9.10. The molecule has 17 heavy (non-hydrogen) atoms. The Balaban J connectivity index is 1.86. The zero-order chi connectivity index (χ0) is 12.3. The molecule has 0 aliphatic heterocycles. The first kappa shape index (κ1) is 13.4. The van der Waals surface area contributed by atoms with Crippen LogP contribution in [0.15, 0.2) is 22.7 Å². The van der Waals surface area contributed by atoms with Crippen LogP contribution in [0.4, 0.5) is 0 Å². The highest BCUT2D eigenvalue weighted by atomic mass is 79.9. The largest absolute Gasteiger partial charge is 0.310 e. The van der Waals surface area contributed by atoms with E-state index in [1.807, 2.05) is 6.07 Å². The van der Waals surface area contributed by atoms with Crippen LogP contribution < -0.4 is 5.32 Å². The van der Waals surface area contributed by atoms with E-state index in [4.69, 9.17) is 11.6 Å². The molecule has 0 radical (unpaired) electrons. The van der Waals surface area contributed by atoms with Crippen molar-refractivity contribution >= 4 is 27.5 Å². The molecule has 1 N–H and O–H groups in total. The zero-order valence-electron chi connectivity index (χ0n) is 10.2. The van der Waals surface area contributed by atoms with E-state index in [0.29, 0.717) is 6.04 Å². The summed E-state index contributed by atoms with van der Waals surface area (Å²) in [7, 11) is 0. The van der Waals surface area contributed by atoms with Gasteiger partial charge >= 0.3 is 0 Å². The summed E-state index contributed by atoms with van der Waals surface area (Å²) < 4.78 is 0.982. The van der Waals surface area contributed by atoms with Crippen molar-refractivity contribution in [1.82, 2.24) is 5.32 Å². The molecule has 0 heterocycles. The number of hydrogen-bond acceptors (Lipinski definition) is 1. The fraction of sp³-hybridized carbons (Fsp3) is 0.571. The predicted octanol–water partition coefficient (Wildman–Crippen LogP) is 4.77. The van der Waals surface area contributed by atoms with E-state index in [1.54, 1.807) is 0 Å². The summed E-state index contributed by atoms with van der Waals surface area (Å²) in [5, 5.41) is 4.43. The van der Waals surface area contributed by atoms with Crippen LogP contribution in [0.1, 0.15) is 38.2 Å². The summed E-state index contributed by atoms with van der Waals surface area (Å²) in [4.78, 5) is 0. The minimum Gasteiger partial charge on any atom is -0.310 e. The number of nitrogens with one attached hydrogen (secondary N) is 1. The molecule has 2 unspecified atom stereocenters. The molecule has 0 spiro atoms. The van der Waals surface area contributed by atoms with Gasteiger partial charge in [0.2, 0.25) is 0 Å². The number of benzene rings is 1. The lowest BCUT2D eigenvalue weighted by Gasteiger charge is -2.27. The summed E-state index contributed by atoms with van der Waals surface area (Å²) in [6.45, 7) is 3.29. The molecule has 1 nitrogen and oxygen atoms in total. The Morgan fingerprint density at radius 1 is 1.41 bits per heavy atom. The Morgan fingerprint density at radius 2 is 2.24 bits per heavy atom. The Kier molecular flexibility index (Phi) is 4.89. The molecule has 1 fully saturated rings. The van der Waals surface area contributed by atoms with E-state index in [1.165, 1.54) is 31.2 Å². The van der Waals surface area contributed by atoms with E-state index in [9.17, 15) is 0 Å². The van der Waals surface area contributed by atoms with Crippen LogP contribution in [0, 0.1) is 5.92 Å². The molecular formula is C14H19BrClN. The van der Waals surface area contributed by atoms with Gasteiger partial charge in [-0.25, -0.2) is 0 Å². The van der Waals surface area contributed by atoms with Crippen LogP contribution in [0.5, 0.6) is 0 Å². The molecule has 0 aromatic heterocycles. The lowest BCUT2D eigenvalue weighted by molar-refractivity contribution is 0.300. The predicted molar refractivity (Wildman–Crippen MR) is 77.4 cm³/mol. The quantitative estimate of drug-likeness (QED) is 0.847. The van der Waals surface area contributed by atoms with Crippen LogP contribution in [0.25, 0.3) is 0 Å². The molecule has 1 aliphatic rings. The third-order valence-electron chi connectivity index (χ3n) is 3.52. The fourth-order valence-corrected chi connectivity index (χ4v) is 3.08. The molecule has 2 atom stereocenters. The molecule has 2 rings (SSSR count). The van der Waals surface area contributed by atoms with Crippen LogP contribution >= 0.6 is 27.5 Å². The Hall–Kier alpha value is -0.0500. The van der Waals surface area contributed by atoms with Gasteiger partial charge in [0.05, 0.1) is 5.02 Å². The maximum atomic E-state index is 5.98. The maximum Gasteiger partial charge on any atom is 0.0548 e. The Bertz CT molecular complexity index is 380. The minimum absolute atomic E-state index is 0.688. The zero-order valence-corrected chi connectivity index (χ0v) is 12.5. The average Bonchev–Trinajstić information content (AvgIpc) is 2.31. The van der Waals surface area contributed by atoms with E-state index in [0.717, 1.165) is 22.0 Å². The van der Waals surface area contributed by atoms with Gasteiger partial charge in [0, 0.05) is 17.1 Å². The lowest BCUT2D eigenvalue weighted by atomic mass is 9.87. The summed E-state index contributed by atoms with van der Waals surface area (Å²) >= 11 is 9.44. The van der Waals surface area contributed by atoms with Crippen molar-refractivity contribution in [3.05, 3.63) is 33.3 Å². The summed E-state index contributed by atoms with van der Waals surface area (Å²) in [5.74, 6) is 0.873. The summed E-state index contributed by atoms with van der Waals surface area (Å²) in [6.07, 6.45) is 5.39. The third-order valence-corrected chi connectivity index (χ3v) is 4.73. The van der Waals surface area contributed by atoms with Crippen LogP contribution in [-0.4, -0.2) is 6.04 Å². The van der Waals surface area contributed by atoms with Gasteiger partial charge in [0.25, 0.3) is 0 Å². The Morgan fingerprint density at radius 3 is 2.94 bits per heavy atom. The molecule has 0 bridgehead atoms. The van der Waals surface area contributed by atoms with Crippen molar-refractivity contribution in [2.75, 3.05) is 0 Å². The average molecular weight is 317 g/mol. The smallest absolute Gasteiger partial charge is 0.0548 e. The Labute approximate surface area is 117 Å². The highest BCUT2D eigenvalue weighted by Gasteiger charge is 2.17. The van der Waals surface area contributed by atoms with E-state index < -0.39 is 0 Å². The minimum atomic E-state index is 0.688. The van der Waals surface area contributed by atoms with E-state index in [-0.39, 0.29) is 0 Å². The van der Waals surface area contributed by atoms with E-state index >= 15 is 0 Å². The molecular weight excluding hydrogens is 298 g/mol. The topological polar surface area (TPSA) is 12.0 Å². The molecule has 1 aromatic rings. The number of halogens is 2. The first-order valence-corrected chi connectivity index (χ1v) is 7.49. The van der Waals surface area contributed by atoms with Gasteiger partial charge in [-0.05, 0) is 52.4 Å². The lowest BCUT2D eigenvalue weighted by Crippen LogP contribution is -2.33. The molecule has 1 saturated carbocycles. The van der Waals surface area contributed by atoms with Crippen molar-refractivity contribution in [1.29, 1.82) is 0 Å². The van der Waals surface area contributed by atoms with Crippen LogP contribution in [0.3, 0.4) is 0 Å². The van der Waals surface area contributed by atoms with Crippen molar-refractivity contribution in [3.63, 3.8) is 0 Å². The number of rotatable bonds is 3. The van der Waals surface area contributed by atoms with Gasteiger partial charge in [0.15, 0.2) is 0 Å². The van der Waals surface area contributed by atoms with Gasteiger partial charge in [-0.2, -0.15) is 0 Å². The molecule has 1 aliphatic carbocycles. The van der Waals surface area contributed by atoms with Gasteiger partial charge in [-0.1, -0.05) is 37.4 Å². The second kappa shape index (κ2) is 6.21. The van der Waals surface area contributed by atoms with Crippen molar-refractivity contribution in [2.24, 2.45) is 5.92 Å². The molecule has 3 heteroatoms.